The molecule has 102 valence electrons. The third kappa shape index (κ3) is 2.37. The summed E-state index contributed by atoms with van der Waals surface area (Å²) < 4.78 is 0. The van der Waals surface area contributed by atoms with Gasteiger partial charge in [0, 0.05) is 25.6 Å². The number of hydrogen-bond acceptors (Lipinski definition) is 3. The van der Waals surface area contributed by atoms with Crippen LogP contribution in [0.25, 0.3) is 0 Å². The maximum atomic E-state index is 11.4. The lowest BCUT2D eigenvalue weighted by molar-refractivity contribution is -0.124. The summed E-state index contributed by atoms with van der Waals surface area (Å²) in [7, 11) is 0. The van der Waals surface area contributed by atoms with E-state index in [0.717, 1.165) is 37.3 Å². The molecule has 2 aliphatic rings. The molecule has 19 heavy (non-hydrogen) atoms. The van der Waals surface area contributed by atoms with Crippen molar-refractivity contribution in [3.05, 3.63) is 23.2 Å². The number of nitrogens with zero attached hydrogens (tertiary/aromatic N) is 1. The first-order valence-corrected chi connectivity index (χ1v) is 7.11. The van der Waals surface area contributed by atoms with Gasteiger partial charge in [0.2, 0.25) is 5.91 Å². The van der Waals surface area contributed by atoms with Crippen molar-refractivity contribution in [3.8, 4) is 0 Å². The minimum absolute atomic E-state index is 0.187. The van der Waals surface area contributed by atoms with Crippen LogP contribution in [0.5, 0.6) is 0 Å². The van der Waals surface area contributed by atoms with Crippen LogP contribution < -0.4 is 16.0 Å². The molecule has 0 aliphatic carbocycles. The number of carbonyl (C=O) groups excluding carboxylic acids is 1. The Kier molecular flexibility index (Phi) is 3.27. The molecule has 3 rings (SSSR count). The van der Waals surface area contributed by atoms with Crippen LogP contribution in [-0.2, 0) is 4.79 Å². The molecular weight excluding hydrogens is 262 g/mol. The highest BCUT2D eigenvalue weighted by molar-refractivity contribution is 6.34. The van der Waals surface area contributed by atoms with Gasteiger partial charge in [0.15, 0.2) is 0 Å². The molecule has 2 aliphatic heterocycles. The predicted molar refractivity (Wildman–Crippen MR) is 77.3 cm³/mol. The molecule has 1 amide bonds. The number of anilines is 2. The minimum atomic E-state index is 0.187. The second-order valence-electron chi connectivity index (χ2n) is 5.39. The van der Waals surface area contributed by atoms with Crippen LogP contribution in [0.4, 0.5) is 11.4 Å². The van der Waals surface area contributed by atoms with Gasteiger partial charge in [0.05, 0.1) is 16.4 Å². The van der Waals surface area contributed by atoms with E-state index in [1.54, 1.807) is 0 Å². The largest absolute Gasteiger partial charge is 0.397 e. The molecule has 2 fully saturated rings. The van der Waals surface area contributed by atoms with E-state index in [0.29, 0.717) is 23.4 Å². The van der Waals surface area contributed by atoms with E-state index in [2.05, 4.69) is 10.2 Å². The van der Waals surface area contributed by atoms with Gasteiger partial charge in [0.1, 0.15) is 0 Å². The molecule has 2 unspecified atom stereocenters. The fourth-order valence-corrected chi connectivity index (χ4v) is 3.48. The van der Waals surface area contributed by atoms with Gasteiger partial charge in [0.25, 0.3) is 0 Å². The SMILES string of the molecule is Nc1cccc(Cl)c1N1CCC2NC(=O)CCC2C1. The Bertz CT molecular complexity index is 485. The zero-order chi connectivity index (χ0) is 13.4. The van der Waals surface area contributed by atoms with Gasteiger partial charge in [-0.05, 0) is 30.9 Å². The summed E-state index contributed by atoms with van der Waals surface area (Å²) in [5, 5.41) is 3.80. The molecule has 3 N–H and O–H groups in total. The van der Waals surface area contributed by atoms with Crippen molar-refractivity contribution in [2.45, 2.75) is 25.3 Å². The van der Waals surface area contributed by atoms with Crippen LogP contribution in [0, 0.1) is 5.92 Å². The topological polar surface area (TPSA) is 58.4 Å². The number of piperidine rings is 2. The third-order valence-corrected chi connectivity index (χ3v) is 4.46. The summed E-state index contributed by atoms with van der Waals surface area (Å²) in [6.07, 6.45) is 2.55. The summed E-state index contributed by atoms with van der Waals surface area (Å²) >= 11 is 6.27. The summed E-state index contributed by atoms with van der Waals surface area (Å²) in [6.45, 7) is 1.80. The first-order valence-electron chi connectivity index (χ1n) is 6.73. The fraction of sp³-hybridized carbons (Fsp3) is 0.500. The van der Waals surface area contributed by atoms with Crippen LogP contribution in [0.2, 0.25) is 5.02 Å². The Hall–Kier alpha value is -1.42. The van der Waals surface area contributed by atoms with Gasteiger partial charge in [-0.1, -0.05) is 17.7 Å². The van der Waals surface area contributed by atoms with E-state index >= 15 is 0 Å². The van der Waals surface area contributed by atoms with E-state index in [9.17, 15) is 4.79 Å². The van der Waals surface area contributed by atoms with Crippen molar-refractivity contribution >= 4 is 28.9 Å². The molecule has 1 aromatic carbocycles. The van der Waals surface area contributed by atoms with Crippen LogP contribution in [-0.4, -0.2) is 25.0 Å². The molecule has 2 saturated heterocycles. The monoisotopic (exact) mass is 279 g/mol. The number of para-hydroxylation sites is 1. The predicted octanol–water partition coefficient (Wildman–Crippen LogP) is 2.03. The highest BCUT2D eigenvalue weighted by Crippen LogP contribution is 2.36. The van der Waals surface area contributed by atoms with Gasteiger partial charge in [-0.2, -0.15) is 0 Å². The molecule has 1 aromatic rings. The number of fused-ring (bicyclic) bond motifs is 1. The summed E-state index contributed by atoms with van der Waals surface area (Å²) in [5.74, 6) is 0.689. The highest BCUT2D eigenvalue weighted by atomic mass is 35.5. The van der Waals surface area contributed by atoms with Crippen LogP contribution in [0.1, 0.15) is 19.3 Å². The van der Waals surface area contributed by atoms with Gasteiger partial charge in [-0.15, -0.1) is 0 Å². The maximum absolute atomic E-state index is 11.4. The van der Waals surface area contributed by atoms with Gasteiger partial charge < -0.3 is 16.0 Å². The number of hydrogen-bond donors (Lipinski definition) is 2. The highest BCUT2D eigenvalue weighted by Gasteiger charge is 2.34. The van der Waals surface area contributed by atoms with E-state index in [-0.39, 0.29) is 5.91 Å². The van der Waals surface area contributed by atoms with Crippen molar-refractivity contribution in [1.82, 2.24) is 5.32 Å². The number of amides is 1. The first kappa shape index (κ1) is 12.6. The number of halogens is 1. The number of rotatable bonds is 1. The number of nitrogens with two attached hydrogens (primary N) is 1. The number of carbonyl (C=O) groups is 1. The number of benzene rings is 1. The van der Waals surface area contributed by atoms with Crippen LogP contribution >= 0.6 is 11.6 Å². The maximum Gasteiger partial charge on any atom is 0.220 e. The molecule has 0 radical (unpaired) electrons. The minimum Gasteiger partial charge on any atom is -0.397 e. The smallest absolute Gasteiger partial charge is 0.220 e. The van der Waals surface area contributed by atoms with E-state index in [4.69, 9.17) is 17.3 Å². The first-order chi connectivity index (χ1) is 9.15. The number of nitrogen functional groups attached to an aromatic ring is 1. The lowest BCUT2D eigenvalue weighted by Crippen LogP contribution is -2.54. The quantitative estimate of drug-likeness (QED) is 0.774. The average molecular weight is 280 g/mol. The molecule has 2 atom stereocenters. The summed E-state index contributed by atoms with van der Waals surface area (Å²) in [6, 6.07) is 5.95. The normalized spacial score (nSPS) is 26.8. The molecule has 0 bridgehead atoms. The van der Waals surface area contributed by atoms with E-state index < -0.39 is 0 Å². The van der Waals surface area contributed by atoms with Crippen molar-refractivity contribution in [3.63, 3.8) is 0 Å². The molecule has 4 nitrogen and oxygen atoms in total. The Morgan fingerprint density at radius 1 is 1.37 bits per heavy atom. The van der Waals surface area contributed by atoms with Crippen molar-refractivity contribution in [1.29, 1.82) is 0 Å². The molecule has 5 heteroatoms. The Morgan fingerprint density at radius 3 is 3.00 bits per heavy atom. The summed E-state index contributed by atoms with van der Waals surface area (Å²) in [4.78, 5) is 13.7. The lowest BCUT2D eigenvalue weighted by atomic mass is 9.85. The molecule has 0 saturated carbocycles. The van der Waals surface area contributed by atoms with Gasteiger partial charge >= 0.3 is 0 Å². The van der Waals surface area contributed by atoms with Gasteiger partial charge in [-0.25, -0.2) is 0 Å². The van der Waals surface area contributed by atoms with Crippen LogP contribution in [0.3, 0.4) is 0 Å². The zero-order valence-electron chi connectivity index (χ0n) is 10.7. The Morgan fingerprint density at radius 2 is 2.21 bits per heavy atom. The number of nitrogens with one attached hydrogen (secondary N) is 1. The van der Waals surface area contributed by atoms with Crippen molar-refractivity contribution < 1.29 is 4.79 Å². The Balaban J connectivity index is 1.80. The standard InChI is InChI=1S/C14H18ClN3O/c15-10-2-1-3-11(16)14(10)18-7-6-12-9(8-18)4-5-13(19)17-12/h1-3,9,12H,4-8,16H2,(H,17,19). The molecule has 0 aromatic heterocycles. The molecule has 2 heterocycles. The zero-order valence-corrected chi connectivity index (χ0v) is 11.5. The van der Waals surface area contributed by atoms with E-state index in [1.807, 2.05) is 18.2 Å². The molecular formula is C14H18ClN3O. The lowest BCUT2D eigenvalue weighted by Gasteiger charge is -2.42. The molecule has 0 spiro atoms. The van der Waals surface area contributed by atoms with Crippen molar-refractivity contribution in [2.24, 2.45) is 5.92 Å². The third-order valence-electron chi connectivity index (χ3n) is 4.16. The fourth-order valence-electron chi connectivity index (χ4n) is 3.18. The second kappa shape index (κ2) is 4.93. The van der Waals surface area contributed by atoms with E-state index in [1.165, 1.54) is 0 Å². The van der Waals surface area contributed by atoms with Crippen molar-refractivity contribution in [2.75, 3.05) is 23.7 Å². The summed E-state index contributed by atoms with van der Waals surface area (Å²) in [5.41, 5.74) is 7.72. The average Bonchev–Trinajstić information content (AvgIpc) is 2.38. The Labute approximate surface area is 117 Å². The second-order valence-corrected chi connectivity index (χ2v) is 5.79. The van der Waals surface area contributed by atoms with Crippen LogP contribution in [0.15, 0.2) is 18.2 Å². The van der Waals surface area contributed by atoms with Gasteiger partial charge in [-0.3, -0.25) is 4.79 Å².